The van der Waals surface area contributed by atoms with Crippen molar-refractivity contribution in [1.29, 1.82) is 0 Å². The highest BCUT2D eigenvalue weighted by molar-refractivity contribution is 5.02. The van der Waals surface area contributed by atoms with Crippen LogP contribution in [0.15, 0.2) is 0 Å². The summed E-state index contributed by atoms with van der Waals surface area (Å²) in [5.41, 5.74) is -0.0383. The topological polar surface area (TPSA) is 52.5 Å². The molecular weight excluding hydrogens is 154 g/mol. The molecule has 12 heavy (non-hydrogen) atoms. The summed E-state index contributed by atoms with van der Waals surface area (Å²) in [6, 6.07) is 0.469. The monoisotopic (exact) mass is 173 g/mol. The molecule has 3 N–H and O–H groups in total. The van der Waals surface area contributed by atoms with Crippen molar-refractivity contribution in [3.8, 4) is 0 Å². The number of nitrogens with one attached hydrogen (secondary N) is 1. The van der Waals surface area contributed by atoms with E-state index in [0.29, 0.717) is 6.04 Å². The van der Waals surface area contributed by atoms with Crippen LogP contribution in [0.2, 0.25) is 0 Å². The molecule has 1 rings (SSSR count). The molecular formula is C9H19NO2. The summed E-state index contributed by atoms with van der Waals surface area (Å²) in [6.07, 6.45) is 0.609. The normalized spacial score (nSPS) is 35.8. The second kappa shape index (κ2) is 3.32. The van der Waals surface area contributed by atoms with Gasteiger partial charge in [-0.25, -0.2) is 0 Å². The average Bonchev–Trinajstić information content (AvgIpc) is 2.03. The van der Waals surface area contributed by atoms with Gasteiger partial charge in [0.05, 0.1) is 12.7 Å². The van der Waals surface area contributed by atoms with E-state index in [-0.39, 0.29) is 24.2 Å². The van der Waals surface area contributed by atoms with Crippen molar-refractivity contribution in [2.45, 2.75) is 45.4 Å². The molecule has 1 saturated carbocycles. The fourth-order valence-electron chi connectivity index (χ4n) is 1.58. The lowest BCUT2D eigenvalue weighted by atomic mass is 9.64. The lowest BCUT2D eigenvalue weighted by Gasteiger charge is -2.50. The quantitative estimate of drug-likeness (QED) is 0.568. The van der Waals surface area contributed by atoms with Crippen LogP contribution < -0.4 is 5.32 Å². The summed E-state index contributed by atoms with van der Waals surface area (Å²) in [4.78, 5) is 0. The first-order valence-corrected chi connectivity index (χ1v) is 4.53. The van der Waals surface area contributed by atoms with Gasteiger partial charge in [-0.2, -0.15) is 0 Å². The van der Waals surface area contributed by atoms with Crippen LogP contribution >= 0.6 is 0 Å². The number of hydrogen-bond acceptors (Lipinski definition) is 3. The average molecular weight is 173 g/mol. The third-order valence-corrected chi connectivity index (χ3v) is 2.98. The van der Waals surface area contributed by atoms with Crippen molar-refractivity contribution in [3.63, 3.8) is 0 Å². The summed E-state index contributed by atoms with van der Waals surface area (Å²) in [6.45, 7) is 6.19. The van der Waals surface area contributed by atoms with Crippen LogP contribution in [0, 0.1) is 5.41 Å². The number of rotatable bonds is 3. The minimum atomic E-state index is -0.194. The summed E-state index contributed by atoms with van der Waals surface area (Å²) in [7, 11) is 0. The highest BCUT2D eigenvalue weighted by Crippen LogP contribution is 2.40. The molecule has 0 aliphatic heterocycles. The predicted molar refractivity (Wildman–Crippen MR) is 47.9 cm³/mol. The van der Waals surface area contributed by atoms with Crippen molar-refractivity contribution in [3.05, 3.63) is 0 Å². The smallest absolute Gasteiger partial charge is 0.0621 e. The fraction of sp³-hybridized carbons (Fsp3) is 1.00. The summed E-state index contributed by atoms with van der Waals surface area (Å²) in [5.74, 6) is 0. The highest BCUT2D eigenvalue weighted by Gasteiger charge is 2.47. The van der Waals surface area contributed by atoms with Crippen molar-refractivity contribution in [2.75, 3.05) is 6.61 Å². The minimum Gasteiger partial charge on any atom is -0.395 e. The third kappa shape index (κ3) is 1.63. The standard InChI is InChI=1S/C9H19NO2/c1-6(5-11)10-7-4-8(12)9(7,2)3/h6-8,10-12H,4-5H2,1-3H3. The molecule has 1 aliphatic rings. The summed E-state index contributed by atoms with van der Waals surface area (Å²) < 4.78 is 0. The van der Waals surface area contributed by atoms with Crippen molar-refractivity contribution in [2.24, 2.45) is 5.41 Å². The molecule has 0 amide bonds. The molecule has 0 aromatic carbocycles. The maximum absolute atomic E-state index is 9.43. The maximum atomic E-state index is 9.43. The van der Waals surface area contributed by atoms with E-state index >= 15 is 0 Å². The van der Waals surface area contributed by atoms with E-state index in [1.54, 1.807) is 0 Å². The van der Waals surface area contributed by atoms with Crippen molar-refractivity contribution < 1.29 is 10.2 Å². The zero-order chi connectivity index (χ0) is 9.35. The first-order chi connectivity index (χ1) is 5.48. The van der Waals surface area contributed by atoms with E-state index in [1.807, 2.05) is 20.8 Å². The Morgan fingerprint density at radius 2 is 2.17 bits per heavy atom. The van der Waals surface area contributed by atoms with Crippen LogP contribution in [0.1, 0.15) is 27.2 Å². The SMILES string of the molecule is CC(CO)NC1CC(O)C1(C)C. The Morgan fingerprint density at radius 3 is 2.50 bits per heavy atom. The molecule has 0 heterocycles. The summed E-state index contributed by atoms with van der Waals surface area (Å²) in [5, 5.41) is 21.5. The van der Waals surface area contributed by atoms with E-state index in [9.17, 15) is 5.11 Å². The summed E-state index contributed by atoms with van der Waals surface area (Å²) >= 11 is 0. The van der Waals surface area contributed by atoms with Gasteiger partial charge in [0.1, 0.15) is 0 Å². The number of aliphatic hydroxyl groups excluding tert-OH is 2. The van der Waals surface area contributed by atoms with Gasteiger partial charge < -0.3 is 15.5 Å². The molecule has 0 radical (unpaired) electrons. The Balaban J connectivity index is 2.37. The van der Waals surface area contributed by atoms with Gasteiger partial charge in [0, 0.05) is 17.5 Å². The second-order valence-corrected chi connectivity index (χ2v) is 4.38. The van der Waals surface area contributed by atoms with Crippen LogP contribution in [-0.4, -0.2) is 35.0 Å². The molecule has 0 aromatic heterocycles. The van der Waals surface area contributed by atoms with Gasteiger partial charge in [0.15, 0.2) is 0 Å². The molecule has 0 spiro atoms. The van der Waals surface area contributed by atoms with Crippen molar-refractivity contribution >= 4 is 0 Å². The Bertz CT molecular complexity index is 159. The molecule has 3 nitrogen and oxygen atoms in total. The first-order valence-electron chi connectivity index (χ1n) is 4.53. The van der Waals surface area contributed by atoms with Gasteiger partial charge >= 0.3 is 0 Å². The molecule has 0 bridgehead atoms. The van der Waals surface area contributed by atoms with Crippen LogP contribution in [0.25, 0.3) is 0 Å². The Labute approximate surface area is 73.8 Å². The van der Waals surface area contributed by atoms with Gasteiger partial charge in [-0.1, -0.05) is 13.8 Å². The molecule has 72 valence electrons. The van der Waals surface area contributed by atoms with Gasteiger partial charge in [-0.3, -0.25) is 0 Å². The van der Waals surface area contributed by atoms with Crippen LogP contribution in [-0.2, 0) is 0 Å². The lowest BCUT2D eigenvalue weighted by molar-refractivity contribution is -0.0767. The molecule has 0 saturated heterocycles. The molecule has 3 heteroatoms. The first kappa shape index (κ1) is 9.96. The van der Waals surface area contributed by atoms with E-state index in [0.717, 1.165) is 6.42 Å². The predicted octanol–water partition coefficient (Wildman–Crippen LogP) is 0.116. The second-order valence-electron chi connectivity index (χ2n) is 4.38. The van der Waals surface area contributed by atoms with Crippen LogP contribution in [0.4, 0.5) is 0 Å². The zero-order valence-corrected chi connectivity index (χ0v) is 8.04. The van der Waals surface area contributed by atoms with Gasteiger partial charge in [0.2, 0.25) is 0 Å². The van der Waals surface area contributed by atoms with E-state index < -0.39 is 0 Å². The molecule has 1 aliphatic carbocycles. The molecule has 3 unspecified atom stereocenters. The van der Waals surface area contributed by atoms with E-state index in [4.69, 9.17) is 5.11 Å². The fourth-order valence-corrected chi connectivity index (χ4v) is 1.58. The van der Waals surface area contributed by atoms with Crippen LogP contribution in [0.3, 0.4) is 0 Å². The zero-order valence-electron chi connectivity index (χ0n) is 8.04. The lowest BCUT2D eigenvalue weighted by Crippen LogP contribution is -2.62. The molecule has 1 fully saturated rings. The Morgan fingerprint density at radius 1 is 1.58 bits per heavy atom. The number of aliphatic hydroxyl groups is 2. The van der Waals surface area contributed by atoms with Gasteiger partial charge in [-0.15, -0.1) is 0 Å². The third-order valence-electron chi connectivity index (χ3n) is 2.98. The van der Waals surface area contributed by atoms with Crippen molar-refractivity contribution in [1.82, 2.24) is 5.32 Å². The molecule has 3 atom stereocenters. The number of hydrogen-bond donors (Lipinski definition) is 3. The van der Waals surface area contributed by atoms with Gasteiger partial charge in [-0.05, 0) is 13.3 Å². The molecule has 0 aromatic rings. The maximum Gasteiger partial charge on any atom is 0.0621 e. The Hall–Kier alpha value is -0.120. The van der Waals surface area contributed by atoms with Gasteiger partial charge in [0.25, 0.3) is 0 Å². The van der Waals surface area contributed by atoms with Crippen LogP contribution in [0.5, 0.6) is 0 Å². The Kier molecular flexibility index (Phi) is 2.76. The van der Waals surface area contributed by atoms with E-state index in [1.165, 1.54) is 0 Å². The highest BCUT2D eigenvalue weighted by atomic mass is 16.3. The van der Waals surface area contributed by atoms with E-state index in [2.05, 4.69) is 5.32 Å². The largest absolute Gasteiger partial charge is 0.395 e. The minimum absolute atomic E-state index is 0.0383.